The van der Waals surface area contributed by atoms with Gasteiger partial charge in [-0.2, -0.15) is 0 Å². The van der Waals surface area contributed by atoms with E-state index < -0.39 is 90.5 Å². The van der Waals surface area contributed by atoms with E-state index in [1.54, 1.807) is 0 Å². The molecular weight excluding hydrogens is 795 g/mol. The molecule has 1 fully saturated rings. The molecule has 26 nitrogen and oxygen atoms in total. The number of aliphatic hydroxyl groups is 2. The van der Waals surface area contributed by atoms with Crippen LogP contribution in [0.4, 0.5) is 5.82 Å². The maximum Gasteiger partial charge on any atom is 0.303 e. The van der Waals surface area contributed by atoms with Crippen LogP contribution < -0.4 is 35.9 Å². The fourth-order valence-corrected chi connectivity index (χ4v) is 7.37. The summed E-state index contributed by atoms with van der Waals surface area (Å²) >= 11 is 0. The Kier molecular flexibility index (Phi) is 15.5. The largest absolute Gasteiger partial charge is 0.790 e. The van der Waals surface area contributed by atoms with Gasteiger partial charge in [-0.15, -0.1) is 0 Å². The molecule has 1 aliphatic heterocycles. The number of phosphoric acid groups is 3. The van der Waals surface area contributed by atoms with Crippen LogP contribution in [0.1, 0.15) is 45.8 Å². The second-order valence-corrected chi connectivity index (χ2v) is 16.2. The first kappa shape index (κ1) is 45.1. The summed E-state index contributed by atoms with van der Waals surface area (Å²) in [4.78, 5) is 106. The van der Waals surface area contributed by atoms with Crippen LogP contribution in [-0.2, 0) is 55.5 Å². The number of nitrogen functional groups attached to an aromatic ring is 1. The van der Waals surface area contributed by atoms with Crippen LogP contribution in [-0.4, -0.2) is 109 Å². The lowest BCUT2D eigenvalue weighted by molar-refractivity contribution is -0.347. The van der Waals surface area contributed by atoms with E-state index >= 15 is 0 Å². The third-order valence-electron chi connectivity index (χ3n) is 7.40. The molecule has 304 valence electrons. The van der Waals surface area contributed by atoms with Crippen LogP contribution in [0.15, 0.2) is 12.7 Å². The van der Waals surface area contributed by atoms with Crippen molar-refractivity contribution in [2.45, 2.75) is 70.2 Å². The van der Waals surface area contributed by atoms with E-state index in [0.717, 1.165) is 31.1 Å². The van der Waals surface area contributed by atoms with Gasteiger partial charge in [-0.25, -0.2) is 19.3 Å². The summed E-state index contributed by atoms with van der Waals surface area (Å²) in [5.74, 6) is -3.27. The molecule has 0 bridgehead atoms. The molecule has 29 heteroatoms. The lowest BCUT2D eigenvalue weighted by Crippen LogP contribution is -2.46. The zero-order chi connectivity index (χ0) is 40.6. The van der Waals surface area contributed by atoms with Gasteiger partial charge in [0.1, 0.15) is 42.0 Å². The summed E-state index contributed by atoms with van der Waals surface area (Å²) in [6, 6.07) is 0. The number of aromatic nitrogens is 4. The summed E-state index contributed by atoms with van der Waals surface area (Å²) in [5, 5.41) is 34.4. The Balaban J connectivity index is 1.51. The number of hydrogen-bond donors (Lipinski definition) is 6. The van der Waals surface area contributed by atoms with Crippen molar-refractivity contribution in [3.05, 3.63) is 12.7 Å². The second kappa shape index (κ2) is 18.5. The van der Waals surface area contributed by atoms with Gasteiger partial charge in [0.25, 0.3) is 15.6 Å². The highest BCUT2D eigenvalue weighted by molar-refractivity contribution is 7.59. The number of carboxylic acids is 1. The molecule has 0 spiro atoms. The number of carbonyl (C=O) groups is 4. The minimum atomic E-state index is -5.93. The Morgan fingerprint density at radius 3 is 2.30 bits per heavy atom. The molecule has 1 saturated heterocycles. The highest BCUT2D eigenvalue weighted by Gasteiger charge is 2.47. The molecule has 3 rings (SSSR count). The van der Waals surface area contributed by atoms with E-state index in [0.29, 0.717) is 0 Å². The van der Waals surface area contributed by atoms with Crippen molar-refractivity contribution < 1.29 is 90.4 Å². The summed E-state index contributed by atoms with van der Waals surface area (Å²) in [5.41, 5.74) is 3.99. The van der Waals surface area contributed by atoms with Crippen molar-refractivity contribution in [3.8, 4) is 0 Å². The Labute approximate surface area is 304 Å². The normalized spacial score (nSPS) is 21.9. The predicted octanol–water partition coefficient (Wildman–Crippen LogP) is -4.30. The quantitative estimate of drug-likeness (QED) is 0.0611. The van der Waals surface area contributed by atoms with Crippen LogP contribution in [0.3, 0.4) is 0 Å². The van der Waals surface area contributed by atoms with Gasteiger partial charge in [0, 0.05) is 37.8 Å². The molecule has 2 amide bonds. The molecule has 54 heavy (non-hydrogen) atoms. The molecule has 7 atom stereocenters. The maximum absolute atomic E-state index is 12.5. The molecule has 0 radical (unpaired) electrons. The summed E-state index contributed by atoms with van der Waals surface area (Å²) in [6.45, 7) is -0.381. The molecule has 1 aliphatic rings. The molecule has 2 aromatic heterocycles. The molecule has 7 unspecified atom stereocenters. The standard InChI is InChI=1S/C25H40N7O19P3/c1-25(2,20(38)23(39)28-8-6-15(34)27-7-5-13(33)3-4-16(35)36)10-48-54(45,46)51-53(43,44)47-9-14-19(50-52(40,41)42)18(37)24(49-14)32-12-31-17-21(26)29-11-30-22(17)32/h11-12,14,18-20,24,37-38H,3-10H2,1-2H3,(H,27,34)(H,28,39)(H,35,36)(H,43,44)(H,45,46)(H2,26,29,30)(H2,40,41,42)/p-4. The Bertz CT molecular complexity index is 1820. The Hall–Kier alpha value is -3.32. The minimum absolute atomic E-state index is 0.0317. The van der Waals surface area contributed by atoms with E-state index in [1.165, 1.54) is 0 Å². The number of fused-ring (bicyclic) bond motifs is 1. The number of aliphatic hydroxyl groups excluding tert-OH is 2. The Morgan fingerprint density at radius 2 is 1.65 bits per heavy atom. The molecule has 0 aliphatic carbocycles. The van der Waals surface area contributed by atoms with E-state index in [4.69, 9.17) is 15.6 Å². The molecule has 2 aromatic rings. The second-order valence-electron chi connectivity index (χ2n) is 12.2. The number of anilines is 1. The van der Waals surface area contributed by atoms with Gasteiger partial charge < -0.3 is 74.1 Å². The van der Waals surface area contributed by atoms with Crippen LogP contribution in [0.25, 0.3) is 11.2 Å². The number of nitrogens with zero attached hydrogens (tertiary/aromatic N) is 4. The van der Waals surface area contributed by atoms with Gasteiger partial charge in [0.05, 0.1) is 33.8 Å². The summed E-state index contributed by atoms with van der Waals surface area (Å²) < 4.78 is 60.2. The smallest absolute Gasteiger partial charge is 0.303 e. The minimum Gasteiger partial charge on any atom is -0.790 e. The van der Waals surface area contributed by atoms with Crippen molar-refractivity contribution >= 4 is 64.0 Å². The average molecular weight is 832 g/mol. The van der Waals surface area contributed by atoms with Crippen molar-refractivity contribution in [2.75, 3.05) is 32.0 Å². The van der Waals surface area contributed by atoms with E-state index in [9.17, 15) is 62.7 Å². The number of nitrogens with one attached hydrogen (secondary N) is 2. The SMILES string of the molecule is CC(C)(COP(=O)([O-])OP(=O)([O-])OCC1OC(n2cnc3c(N)ncnc32)C(O)C1OP(=O)([O-])[O-])C(O)C(=O)NCCC(=O)NCCC(=O)CCC(=O)O. The number of aliphatic carboxylic acids is 1. The highest BCUT2D eigenvalue weighted by Crippen LogP contribution is 2.56. The molecule has 0 saturated carbocycles. The van der Waals surface area contributed by atoms with Crippen LogP contribution in [0.2, 0.25) is 0 Å². The van der Waals surface area contributed by atoms with E-state index in [1.807, 2.05) is 0 Å². The van der Waals surface area contributed by atoms with Gasteiger partial charge in [-0.05, 0) is 0 Å². The number of Topliss-reactive ketones (excluding diaryl/α,β-unsaturated/α-hetero) is 1. The number of carbonyl (C=O) groups excluding carboxylic acids is 3. The van der Waals surface area contributed by atoms with Gasteiger partial charge in [-0.3, -0.25) is 32.9 Å². The van der Waals surface area contributed by atoms with Gasteiger partial charge in [-0.1, -0.05) is 13.8 Å². The van der Waals surface area contributed by atoms with Crippen molar-refractivity contribution in [2.24, 2.45) is 5.41 Å². The lowest BCUT2D eigenvalue weighted by atomic mass is 9.87. The molecule has 3 heterocycles. The molecule has 0 aromatic carbocycles. The number of ketones is 1. The third kappa shape index (κ3) is 13.5. The Morgan fingerprint density at radius 1 is 1.00 bits per heavy atom. The first-order valence-corrected chi connectivity index (χ1v) is 19.8. The zero-order valence-corrected chi connectivity index (χ0v) is 31.0. The number of amides is 2. The summed E-state index contributed by atoms with van der Waals surface area (Å²) in [7, 11) is -17.6. The number of hydrogen-bond acceptors (Lipinski definition) is 22. The fraction of sp³-hybridized carbons (Fsp3) is 0.640. The lowest BCUT2D eigenvalue weighted by Gasteiger charge is -2.36. The van der Waals surface area contributed by atoms with Gasteiger partial charge >= 0.3 is 5.97 Å². The summed E-state index contributed by atoms with van der Waals surface area (Å²) in [6.07, 6.45) is -8.47. The number of rotatable bonds is 22. The number of nitrogens with two attached hydrogens (primary N) is 1. The van der Waals surface area contributed by atoms with Crippen molar-refractivity contribution in [1.82, 2.24) is 30.2 Å². The van der Waals surface area contributed by atoms with E-state index in [-0.39, 0.29) is 61.5 Å². The highest BCUT2D eigenvalue weighted by atomic mass is 31.3. The maximum atomic E-state index is 12.5. The molecule has 7 N–H and O–H groups in total. The number of imidazole rings is 1. The molecular formula is C25H36N7O19P3-4. The van der Waals surface area contributed by atoms with E-state index in [2.05, 4.69) is 43.5 Å². The van der Waals surface area contributed by atoms with Crippen LogP contribution >= 0.6 is 23.5 Å². The third-order valence-corrected chi connectivity index (χ3v) is 10.4. The van der Waals surface area contributed by atoms with Crippen molar-refractivity contribution in [1.29, 1.82) is 0 Å². The number of carboxylic acid groups (broad SMARTS) is 1. The number of ether oxygens (including phenoxy) is 1. The van der Waals surface area contributed by atoms with Crippen LogP contribution in [0, 0.1) is 5.41 Å². The average Bonchev–Trinajstić information content (AvgIpc) is 3.61. The first-order chi connectivity index (χ1) is 24.9. The topological polar surface area (TPSA) is 412 Å². The van der Waals surface area contributed by atoms with Crippen molar-refractivity contribution in [3.63, 3.8) is 0 Å². The van der Waals surface area contributed by atoms with Gasteiger partial charge in [0.2, 0.25) is 11.8 Å². The monoisotopic (exact) mass is 831 g/mol. The zero-order valence-electron chi connectivity index (χ0n) is 28.3. The first-order valence-electron chi connectivity index (χ1n) is 15.5. The van der Waals surface area contributed by atoms with Crippen LogP contribution in [0.5, 0.6) is 0 Å². The van der Waals surface area contributed by atoms with Gasteiger partial charge in [0.15, 0.2) is 17.7 Å². The fourth-order valence-electron chi connectivity index (χ4n) is 4.63. The predicted molar refractivity (Wildman–Crippen MR) is 167 cm³/mol. The number of phosphoric ester groups is 3.